The van der Waals surface area contributed by atoms with Crippen molar-refractivity contribution in [3.8, 4) is 33.4 Å². The van der Waals surface area contributed by atoms with Crippen molar-refractivity contribution < 1.29 is 0 Å². The minimum Gasteiger partial charge on any atom is -0.324 e. The summed E-state index contributed by atoms with van der Waals surface area (Å²) in [6.45, 7) is 2.31. The summed E-state index contributed by atoms with van der Waals surface area (Å²) >= 11 is 14.1. The van der Waals surface area contributed by atoms with Crippen molar-refractivity contribution >= 4 is 23.2 Å². The average molecular weight is 484 g/mol. The summed E-state index contributed by atoms with van der Waals surface area (Å²) in [5.41, 5.74) is 18.0. The lowest BCUT2D eigenvalue weighted by molar-refractivity contribution is 0.713. The third-order valence-corrected chi connectivity index (χ3v) is 8.51. The smallest absolute Gasteiger partial charge is 0.0563 e. The number of hydrogen-bond acceptors (Lipinski definition) is 1. The van der Waals surface area contributed by atoms with E-state index in [2.05, 4.69) is 79.7 Å². The number of fused-ring (bicyclic) bond motifs is 2. The maximum absolute atomic E-state index is 7.05. The molecule has 0 radical (unpaired) electrons. The molecule has 0 bridgehead atoms. The van der Waals surface area contributed by atoms with E-state index in [1.165, 1.54) is 34.2 Å². The fraction of sp³-hybridized carbons (Fsp3) is 0.226. The van der Waals surface area contributed by atoms with Gasteiger partial charge in [0, 0.05) is 28.3 Å². The topological polar surface area (TPSA) is 26.0 Å². The van der Waals surface area contributed by atoms with Crippen LogP contribution in [0.5, 0.6) is 0 Å². The molecule has 4 aromatic rings. The highest BCUT2D eigenvalue weighted by Gasteiger charge is 2.22. The second kappa shape index (κ2) is 8.57. The highest BCUT2D eigenvalue weighted by atomic mass is 35.5. The molecule has 0 heterocycles. The van der Waals surface area contributed by atoms with E-state index in [4.69, 9.17) is 28.9 Å². The predicted molar refractivity (Wildman–Crippen MR) is 145 cm³/mol. The quantitative estimate of drug-likeness (QED) is 0.309. The molecule has 0 spiro atoms. The molecule has 34 heavy (non-hydrogen) atoms. The molecule has 2 aliphatic carbocycles. The second-order valence-electron chi connectivity index (χ2n) is 9.75. The van der Waals surface area contributed by atoms with Gasteiger partial charge in [0.1, 0.15) is 0 Å². The Morgan fingerprint density at radius 1 is 0.647 bits per heavy atom. The molecule has 0 unspecified atom stereocenters. The highest BCUT2D eigenvalue weighted by Crippen LogP contribution is 2.44. The maximum Gasteiger partial charge on any atom is 0.0563 e. The lowest BCUT2D eigenvalue weighted by Gasteiger charge is -2.15. The Kier molecular flexibility index (Phi) is 5.53. The summed E-state index contributed by atoms with van der Waals surface area (Å²) in [6.07, 6.45) is 4.40. The molecule has 1 nitrogen and oxygen atoms in total. The van der Waals surface area contributed by atoms with E-state index in [1.54, 1.807) is 0 Å². The number of rotatable bonds is 3. The van der Waals surface area contributed by atoms with Crippen LogP contribution in [0.25, 0.3) is 33.4 Å². The molecule has 0 saturated heterocycles. The Morgan fingerprint density at radius 2 is 1.15 bits per heavy atom. The van der Waals surface area contributed by atoms with Gasteiger partial charge in [0.25, 0.3) is 0 Å². The van der Waals surface area contributed by atoms with Gasteiger partial charge in [-0.1, -0.05) is 103 Å². The summed E-state index contributed by atoms with van der Waals surface area (Å²) in [7, 11) is 0. The minimum absolute atomic E-state index is 0.148. The van der Waals surface area contributed by atoms with Crippen LogP contribution >= 0.6 is 23.2 Å². The van der Waals surface area contributed by atoms with E-state index in [-0.39, 0.29) is 6.04 Å². The van der Waals surface area contributed by atoms with Gasteiger partial charge >= 0.3 is 0 Å². The molecule has 0 saturated carbocycles. The molecule has 0 amide bonds. The van der Waals surface area contributed by atoms with E-state index in [0.717, 1.165) is 57.1 Å². The highest BCUT2D eigenvalue weighted by molar-refractivity contribution is 6.39. The summed E-state index contributed by atoms with van der Waals surface area (Å²) in [6, 6.07) is 25.9. The summed E-state index contributed by atoms with van der Waals surface area (Å²) < 4.78 is 0. The Bertz CT molecular complexity index is 1310. The van der Waals surface area contributed by atoms with E-state index < -0.39 is 0 Å². The lowest BCUT2D eigenvalue weighted by Crippen LogP contribution is -2.04. The molecule has 4 aromatic carbocycles. The first-order valence-corrected chi connectivity index (χ1v) is 12.9. The van der Waals surface area contributed by atoms with Crippen LogP contribution in [-0.4, -0.2) is 0 Å². The first-order valence-electron chi connectivity index (χ1n) is 12.1. The molecular weight excluding hydrogens is 457 g/mol. The molecule has 2 N–H and O–H groups in total. The molecule has 3 heteroatoms. The zero-order valence-corrected chi connectivity index (χ0v) is 20.8. The SMILES string of the molecule is C[C@@H]1CCc2cc(-c3cccc(-c4cccc(-c5ccc6c(c5)CC[C@H]6N)c4Cl)c3Cl)ccc21. The molecule has 0 fully saturated rings. The van der Waals surface area contributed by atoms with Gasteiger partial charge in [-0.15, -0.1) is 0 Å². The normalized spacial score (nSPS) is 18.7. The third kappa shape index (κ3) is 3.58. The average Bonchev–Trinajstić information content (AvgIpc) is 3.41. The molecular formula is C31H27Cl2N. The fourth-order valence-corrected chi connectivity index (χ4v) is 6.42. The summed E-state index contributed by atoms with van der Waals surface area (Å²) in [4.78, 5) is 0. The summed E-state index contributed by atoms with van der Waals surface area (Å²) in [5.74, 6) is 0.641. The van der Waals surface area contributed by atoms with Crippen molar-refractivity contribution in [1.82, 2.24) is 0 Å². The Balaban J connectivity index is 1.42. The van der Waals surface area contributed by atoms with Crippen molar-refractivity contribution in [3.63, 3.8) is 0 Å². The molecule has 0 aliphatic heterocycles. The fourth-order valence-electron chi connectivity index (χ4n) is 5.74. The lowest BCUT2D eigenvalue weighted by atomic mass is 9.93. The number of nitrogens with two attached hydrogens (primary N) is 1. The van der Waals surface area contributed by atoms with Crippen molar-refractivity contribution in [3.05, 3.63) is 105 Å². The molecule has 0 aromatic heterocycles. The van der Waals surface area contributed by atoms with Crippen LogP contribution in [0.3, 0.4) is 0 Å². The number of aryl methyl sites for hydroxylation is 2. The second-order valence-corrected chi connectivity index (χ2v) is 10.5. The van der Waals surface area contributed by atoms with Gasteiger partial charge in [-0.05, 0) is 65.0 Å². The van der Waals surface area contributed by atoms with Gasteiger partial charge in [0.05, 0.1) is 10.0 Å². The van der Waals surface area contributed by atoms with Gasteiger partial charge < -0.3 is 5.73 Å². The molecule has 6 rings (SSSR count). The van der Waals surface area contributed by atoms with Crippen LogP contribution in [0, 0.1) is 0 Å². The standard InChI is InChI=1S/C31H27Cl2N/c1-18-8-9-19-16-21(10-13-23(18)19)25-4-2-6-27(30(25)32)28-7-3-5-26(31(28)33)22-11-14-24-20(17-22)12-15-29(24)34/h2-7,10-11,13-14,16-18,29H,8-9,12,15,34H2,1H3/t18-,29-/m1/s1. The van der Waals surface area contributed by atoms with Crippen LogP contribution in [0.15, 0.2) is 72.8 Å². The largest absolute Gasteiger partial charge is 0.324 e. The molecule has 170 valence electrons. The number of hydrogen-bond donors (Lipinski definition) is 1. The van der Waals surface area contributed by atoms with Gasteiger partial charge in [0.2, 0.25) is 0 Å². The monoisotopic (exact) mass is 483 g/mol. The first kappa shape index (κ1) is 21.9. The van der Waals surface area contributed by atoms with Crippen molar-refractivity contribution in [2.45, 2.75) is 44.6 Å². The predicted octanol–water partition coefficient (Wildman–Crippen LogP) is 8.99. The number of halogens is 2. The van der Waals surface area contributed by atoms with Crippen LogP contribution < -0.4 is 5.73 Å². The minimum atomic E-state index is 0.148. The van der Waals surface area contributed by atoms with E-state index >= 15 is 0 Å². The van der Waals surface area contributed by atoms with Gasteiger partial charge in [-0.3, -0.25) is 0 Å². The Hall–Kier alpha value is -2.58. The van der Waals surface area contributed by atoms with Gasteiger partial charge in [-0.25, -0.2) is 0 Å². The van der Waals surface area contributed by atoms with Gasteiger partial charge in [0.15, 0.2) is 0 Å². The van der Waals surface area contributed by atoms with Crippen LogP contribution in [-0.2, 0) is 12.8 Å². The zero-order valence-electron chi connectivity index (χ0n) is 19.2. The maximum atomic E-state index is 7.05. The zero-order chi connectivity index (χ0) is 23.4. The van der Waals surface area contributed by atoms with Crippen LogP contribution in [0.2, 0.25) is 10.0 Å². The van der Waals surface area contributed by atoms with E-state index in [9.17, 15) is 0 Å². The molecule has 2 atom stereocenters. The van der Waals surface area contributed by atoms with E-state index in [1.807, 2.05) is 0 Å². The van der Waals surface area contributed by atoms with E-state index in [0.29, 0.717) is 5.92 Å². The number of benzene rings is 4. The van der Waals surface area contributed by atoms with Crippen LogP contribution in [0.1, 0.15) is 54.0 Å². The Labute approximate surface area is 211 Å². The van der Waals surface area contributed by atoms with Crippen LogP contribution in [0.4, 0.5) is 0 Å². The third-order valence-electron chi connectivity index (χ3n) is 7.70. The first-order chi connectivity index (χ1) is 16.5. The summed E-state index contributed by atoms with van der Waals surface area (Å²) in [5, 5.41) is 1.47. The van der Waals surface area contributed by atoms with Gasteiger partial charge in [-0.2, -0.15) is 0 Å². The molecule has 2 aliphatic rings. The van der Waals surface area contributed by atoms with Crippen molar-refractivity contribution in [2.24, 2.45) is 5.73 Å². The Morgan fingerprint density at radius 3 is 1.76 bits per heavy atom. The van der Waals surface area contributed by atoms with Crippen molar-refractivity contribution in [1.29, 1.82) is 0 Å². The van der Waals surface area contributed by atoms with Crippen molar-refractivity contribution in [2.75, 3.05) is 0 Å².